The first-order chi connectivity index (χ1) is 11.6. The number of rotatable bonds is 3. The zero-order chi connectivity index (χ0) is 16.7. The summed E-state index contributed by atoms with van der Waals surface area (Å²) in [5.41, 5.74) is 3.62. The lowest BCUT2D eigenvalue weighted by atomic mass is 10.2. The molecule has 1 aliphatic carbocycles. The molecule has 2 aromatic heterocycles. The van der Waals surface area contributed by atoms with E-state index in [0.717, 1.165) is 34.1 Å². The van der Waals surface area contributed by atoms with Gasteiger partial charge in [-0.15, -0.1) is 0 Å². The van der Waals surface area contributed by atoms with Crippen LogP contribution >= 0.6 is 11.6 Å². The molecule has 24 heavy (non-hydrogen) atoms. The highest BCUT2D eigenvalue weighted by Gasteiger charge is 2.20. The van der Waals surface area contributed by atoms with E-state index < -0.39 is 0 Å². The molecule has 124 valence electrons. The lowest BCUT2D eigenvalue weighted by Gasteiger charge is -2.17. The van der Waals surface area contributed by atoms with Crippen LogP contribution in [0.2, 0.25) is 5.02 Å². The smallest absolute Gasteiger partial charge is 0.197 e. The van der Waals surface area contributed by atoms with E-state index in [4.69, 9.17) is 21.6 Å². The van der Waals surface area contributed by atoms with Gasteiger partial charge in [-0.25, -0.2) is 14.6 Å². The van der Waals surface area contributed by atoms with Crippen LogP contribution in [0, 0.1) is 13.8 Å². The topological polar surface area (TPSA) is 55.6 Å². The molecule has 6 heteroatoms. The van der Waals surface area contributed by atoms with Crippen LogP contribution in [-0.4, -0.2) is 25.8 Å². The predicted molar refractivity (Wildman–Crippen MR) is 97.0 cm³/mol. The Morgan fingerprint density at radius 3 is 2.58 bits per heavy atom. The molecule has 4 rings (SSSR count). The van der Waals surface area contributed by atoms with Crippen molar-refractivity contribution in [3.05, 3.63) is 40.7 Å². The zero-order valence-electron chi connectivity index (χ0n) is 13.9. The fourth-order valence-corrected chi connectivity index (χ4v) is 3.54. The summed E-state index contributed by atoms with van der Waals surface area (Å²) >= 11 is 6.12. The summed E-state index contributed by atoms with van der Waals surface area (Å²) in [6.45, 7) is 4.02. The van der Waals surface area contributed by atoms with Crippen molar-refractivity contribution in [2.45, 2.75) is 45.6 Å². The summed E-state index contributed by atoms with van der Waals surface area (Å²) in [6.07, 6.45) is 4.89. The second kappa shape index (κ2) is 6.06. The van der Waals surface area contributed by atoms with Gasteiger partial charge in [-0.05, 0) is 51.0 Å². The van der Waals surface area contributed by atoms with E-state index in [2.05, 4.69) is 10.4 Å². The molecule has 1 N–H and O–H groups in total. The third-order valence-electron chi connectivity index (χ3n) is 4.51. The highest BCUT2D eigenvalue weighted by atomic mass is 35.5. The number of hydrogen-bond donors (Lipinski definition) is 1. The van der Waals surface area contributed by atoms with Crippen LogP contribution in [0.15, 0.2) is 24.3 Å². The predicted octanol–water partition coefficient (Wildman–Crippen LogP) is 4.44. The molecular weight excluding hydrogens is 322 g/mol. The molecule has 0 amide bonds. The van der Waals surface area contributed by atoms with Gasteiger partial charge in [0.2, 0.25) is 0 Å². The van der Waals surface area contributed by atoms with Crippen molar-refractivity contribution in [1.29, 1.82) is 0 Å². The molecule has 1 aromatic carbocycles. The standard InChI is InChI=1S/C18H20ClN5/c1-11-9-12(2)24(23-11)18-17(20-14-5-3-4-6-14)21-15-8-7-13(19)10-16(15)22-18/h7-10,14H,3-6H2,1-2H3,(H,20,21). The first-order valence-corrected chi connectivity index (χ1v) is 8.75. The van der Waals surface area contributed by atoms with E-state index in [9.17, 15) is 0 Å². The van der Waals surface area contributed by atoms with Crippen LogP contribution in [0.4, 0.5) is 5.82 Å². The van der Waals surface area contributed by atoms with Gasteiger partial charge in [0.05, 0.1) is 16.7 Å². The normalized spacial score (nSPS) is 15.3. The summed E-state index contributed by atoms with van der Waals surface area (Å²) < 4.78 is 1.86. The minimum absolute atomic E-state index is 0.458. The second-order valence-electron chi connectivity index (χ2n) is 6.49. The summed E-state index contributed by atoms with van der Waals surface area (Å²) in [4.78, 5) is 9.63. The van der Waals surface area contributed by atoms with E-state index in [1.54, 1.807) is 0 Å². The molecule has 5 nitrogen and oxygen atoms in total. The number of aromatic nitrogens is 4. The molecule has 0 bridgehead atoms. The first-order valence-electron chi connectivity index (χ1n) is 8.37. The zero-order valence-corrected chi connectivity index (χ0v) is 14.6. The van der Waals surface area contributed by atoms with Crippen LogP contribution in [0.25, 0.3) is 16.9 Å². The monoisotopic (exact) mass is 341 g/mol. The van der Waals surface area contributed by atoms with Crippen LogP contribution in [0.5, 0.6) is 0 Å². The van der Waals surface area contributed by atoms with E-state index in [-0.39, 0.29) is 0 Å². The number of nitrogens with one attached hydrogen (secondary N) is 1. The van der Waals surface area contributed by atoms with Gasteiger partial charge in [-0.2, -0.15) is 5.10 Å². The molecule has 0 atom stereocenters. The number of anilines is 1. The van der Waals surface area contributed by atoms with Gasteiger partial charge < -0.3 is 5.32 Å². The van der Waals surface area contributed by atoms with Crippen LogP contribution in [0.3, 0.4) is 0 Å². The average molecular weight is 342 g/mol. The Kier molecular flexibility index (Phi) is 3.88. The quantitative estimate of drug-likeness (QED) is 0.765. The summed E-state index contributed by atoms with van der Waals surface area (Å²) in [5, 5.41) is 8.83. The molecule has 1 fully saturated rings. The third-order valence-corrected chi connectivity index (χ3v) is 4.75. The van der Waals surface area contributed by atoms with Gasteiger partial charge in [0, 0.05) is 16.8 Å². The Morgan fingerprint density at radius 1 is 1.08 bits per heavy atom. The van der Waals surface area contributed by atoms with Crippen molar-refractivity contribution in [3.63, 3.8) is 0 Å². The average Bonchev–Trinajstić information content (AvgIpc) is 3.16. The van der Waals surface area contributed by atoms with Gasteiger partial charge in [-0.1, -0.05) is 24.4 Å². The van der Waals surface area contributed by atoms with E-state index in [1.165, 1.54) is 25.7 Å². The minimum Gasteiger partial charge on any atom is -0.364 e. The SMILES string of the molecule is Cc1cc(C)n(-c2nc3cc(Cl)ccc3nc2NC2CCCC2)n1. The molecular formula is C18H20ClN5. The Morgan fingerprint density at radius 2 is 1.88 bits per heavy atom. The Hall–Kier alpha value is -2.14. The maximum absolute atomic E-state index is 6.12. The maximum Gasteiger partial charge on any atom is 0.197 e. The van der Waals surface area contributed by atoms with Gasteiger partial charge >= 0.3 is 0 Å². The van der Waals surface area contributed by atoms with Gasteiger partial charge in [0.15, 0.2) is 11.6 Å². The third kappa shape index (κ3) is 2.84. The highest BCUT2D eigenvalue weighted by Crippen LogP contribution is 2.27. The van der Waals surface area contributed by atoms with Crippen LogP contribution in [0.1, 0.15) is 37.1 Å². The molecule has 2 heterocycles. The van der Waals surface area contributed by atoms with Gasteiger partial charge in [-0.3, -0.25) is 0 Å². The van der Waals surface area contributed by atoms with Crippen molar-refractivity contribution in [1.82, 2.24) is 19.7 Å². The van der Waals surface area contributed by atoms with E-state index >= 15 is 0 Å². The van der Waals surface area contributed by atoms with Crippen molar-refractivity contribution in [3.8, 4) is 5.82 Å². The van der Waals surface area contributed by atoms with E-state index in [1.807, 2.05) is 42.8 Å². The molecule has 1 aliphatic rings. The van der Waals surface area contributed by atoms with Gasteiger partial charge in [0.25, 0.3) is 0 Å². The van der Waals surface area contributed by atoms with Crippen molar-refractivity contribution in [2.24, 2.45) is 0 Å². The Bertz CT molecular complexity index is 896. The first kappa shape index (κ1) is 15.4. The fraction of sp³-hybridized carbons (Fsp3) is 0.389. The number of nitrogens with zero attached hydrogens (tertiary/aromatic N) is 4. The molecule has 0 unspecified atom stereocenters. The summed E-state index contributed by atoms with van der Waals surface area (Å²) in [5.74, 6) is 1.53. The molecule has 0 aliphatic heterocycles. The number of fused-ring (bicyclic) bond motifs is 1. The second-order valence-corrected chi connectivity index (χ2v) is 6.93. The van der Waals surface area contributed by atoms with Crippen molar-refractivity contribution in [2.75, 3.05) is 5.32 Å². The highest BCUT2D eigenvalue weighted by molar-refractivity contribution is 6.31. The molecule has 1 saturated carbocycles. The molecule has 3 aromatic rings. The van der Waals surface area contributed by atoms with E-state index in [0.29, 0.717) is 11.1 Å². The number of aryl methyl sites for hydroxylation is 2. The summed E-state index contributed by atoms with van der Waals surface area (Å²) in [7, 11) is 0. The molecule has 0 spiro atoms. The number of halogens is 1. The number of benzene rings is 1. The minimum atomic E-state index is 0.458. The molecule has 0 radical (unpaired) electrons. The Labute approximate surface area is 146 Å². The van der Waals surface area contributed by atoms with Crippen LogP contribution < -0.4 is 5.32 Å². The largest absolute Gasteiger partial charge is 0.364 e. The fourth-order valence-electron chi connectivity index (χ4n) is 3.37. The molecule has 0 saturated heterocycles. The maximum atomic E-state index is 6.12. The van der Waals surface area contributed by atoms with Crippen LogP contribution in [-0.2, 0) is 0 Å². The number of hydrogen-bond acceptors (Lipinski definition) is 4. The summed E-state index contributed by atoms with van der Waals surface area (Å²) in [6, 6.07) is 8.11. The van der Waals surface area contributed by atoms with Crippen molar-refractivity contribution >= 4 is 28.5 Å². The lowest BCUT2D eigenvalue weighted by Crippen LogP contribution is -2.19. The van der Waals surface area contributed by atoms with Gasteiger partial charge in [0.1, 0.15) is 0 Å². The Balaban J connectivity index is 1.88. The lowest BCUT2D eigenvalue weighted by molar-refractivity contribution is 0.740. The van der Waals surface area contributed by atoms with Crippen molar-refractivity contribution < 1.29 is 0 Å².